The number of piperidine rings is 2. The van der Waals surface area contributed by atoms with E-state index in [0.717, 1.165) is 91.4 Å². The number of carbonyl (C=O) groups is 2. The summed E-state index contributed by atoms with van der Waals surface area (Å²) in [5, 5.41) is 19.7. The number of aromatic nitrogens is 1. The van der Waals surface area contributed by atoms with Crippen LogP contribution < -0.4 is 15.5 Å². The molecule has 9 heteroatoms. The van der Waals surface area contributed by atoms with Crippen molar-refractivity contribution in [3.63, 3.8) is 0 Å². The van der Waals surface area contributed by atoms with E-state index in [4.69, 9.17) is 4.52 Å². The van der Waals surface area contributed by atoms with Crippen molar-refractivity contribution < 1.29 is 14.1 Å². The van der Waals surface area contributed by atoms with E-state index < -0.39 is 0 Å². The van der Waals surface area contributed by atoms with Crippen LogP contribution in [0.3, 0.4) is 0 Å². The van der Waals surface area contributed by atoms with Crippen LogP contribution in [-0.4, -0.2) is 47.5 Å². The summed E-state index contributed by atoms with van der Waals surface area (Å²) in [5.41, 5.74) is 9.52. The Labute approximate surface area is 288 Å². The lowest BCUT2D eigenvalue weighted by Gasteiger charge is -2.36. The van der Waals surface area contributed by atoms with Gasteiger partial charge in [-0.15, -0.1) is 0 Å². The molecule has 0 bridgehead atoms. The second kappa shape index (κ2) is 13.5. The molecule has 2 N–H and O–H groups in total. The van der Waals surface area contributed by atoms with Crippen molar-refractivity contribution in [3.8, 4) is 17.2 Å². The maximum atomic E-state index is 12.1. The largest absolute Gasteiger partial charge is 0.374 e. The number of hydrogen-bond donors (Lipinski definition) is 2. The second-order valence-electron chi connectivity index (χ2n) is 14.1. The molecule has 2 saturated heterocycles. The number of benzene rings is 3. The minimum absolute atomic E-state index is 0.204. The number of nitrogens with one attached hydrogen (secondary N) is 2. The lowest BCUT2D eigenvalue weighted by atomic mass is 9.93. The summed E-state index contributed by atoms with van der Waals surface area (Å²) in [6, 6.07) is 25.8. The van der Waals surface area contributed by atoms with Gasteiger partial charge in [0.1, 0.15) is 11.8 Å². The first-order valence-corrected chi connectivity index (χ1v) is 17.5. The molecule has 3 heterocycles. The number of nitrogens with zero attached hydrogens (tertiary/aromatic N) is 4. The lowest BCUT2D eigenvalue weighted by Crippen LogP contribution is -2.47. The predicted molar refractivity (Wildman–Crippen MR) is 190 cm³/mol. The van der Waals surface area contributed by atoms with Crippen LogP contribution in [0.25, 0.3) is 11.1 Å². The molecule has 3 aromatic carbocycles. The number of amides is 2. The Morgan fingerprint density at radius 1 is 1.00 bits per heavy atom. The molecule has 1 unspecified atom stereocenters. The first kappa shape index (κ1) is 32.6. The van der Waals surface area contributed by atoms with Crippen LogP contribution in [0.5, 0.6) is 0 Å². The van der Waals surface area contributed by atoms with Gasteiger partial charge in [-0.05, 0) is 124 Å². The van der Waals surface area contributed by atoms with Crippen LogP contribution in [0.1, 0.15) is 66.7 Å². The van der Waals surface area contributed by atoms with Crippen molar-refractivity contribution in [1.82, 2.24) is 15.4 Å². The number of imide groups is 1. The molecular weight excluding hydrogens is 612 g/mol. The topological polar surface area (TPSA) is 114 Å². The average Bonchev–Trinajstić information content (AvgIpc) is 3.84. The molecule has 7 rings (SSSR count). The highest BCUT2D eigenvalue weighted by Gasteiger charge is 2.44. The third-order valence-corrected chi connectivity index (χ3v) is 10.6. The molecule has 1 aliphatic carbocycles. The Bertz CT molecular complexity index is 1860. The summed E-state index contributed by atoms with van der Waals surface area (Å²) in [4.78, 5) is 28.6. The number of rotatable bonds is 10. The van der Waals surface area contributed by atoms with Crippen molar-refractivity contribution in [1.29, 1.82) is 5.26 Å². The molecule has 1 atom stereocenters. The van der Waals surface area contributed by atoms with Crippen molar-refractivity contribution >= 4 is 28.9 Å². The normalized spacial score (nSPS) is 19.3. The van der Waals surface area contributed by atoms with Gasteiger partial charge in [0.25, 0.3) is 0 Å². The monoisotopic (exact) mass is 656 g/mol. The smallest absolute Gasteiger partial charge is 0.249 e. The fourth-order valence-corrected chi connectivity index (χ4v) is 7.43. The fourth-order valence-electron chi connectivity index (χ4n) is 7.43. The van der Waals surface area contributed by atoms with E-state index in [-0.39, 0.29) is 23.3 Å². The Hall–Kier alpha value is -4.94. The molecule has 1 aromatic heterocycles. The summed E-state index contributed by atoms with van der Waals surface area (Å²) >= 11 is 0. The van der Waals surface area contributed by atoms with E-state index in [1.807, 2.05) is 26.0 Å². The van der Waals surface area contributed by atoms with Gasteiger partial charge in [0.15, 0.2) is 0 Å². The number of aryl methyl sites for hydroxylation is 3. The van der Waals surface area contributed by atoms with E-state index in [9.17, 15) is 14.9 Å². The SMILES string of the molecule is Cc1ccc(-c2c(C)noc2C)cc1N(CC1CCN(Cc2ccc(NC3CCC(=O)NC3=O)cc2)CC1)c1ccc(C2(C#N)CC2)cc1. The molecule has 4 aromatic rings. The Morgan fingerprint density at radius 3 is 2.37 bits per heavy atom. The Kier molecular flexibility index (Phi) is 9.00. The average molecular weight is 657 g/mol. The highest BCUT2D eigenvalue weighted by Crippen LogP contribution is 2.48. The predicted octanol–water partition coefficient (Wildman–Crippen LogP) is 7.09. The molecule has 2 aliphatic heterocycles. The second-order valence-corrected chi connectivity index (χ2v) is 14.1. The molecule has 9 nitrogen and oxygen atoms in total. The number of carbonyl (C=O) groups excluding carboxylic acids is 2. The molecule has 252 valence electrons. The molecule has 49 heavy (non-hydrogen) atoms. The van der Waals surface area contributed by atoms with Crippen LogP contribution in [-0.2, 0) is 21.5 Å². The zero-order valence-electron chi connectivity index (χ0n) is 28.6. The number of hydrogen-bond acceptors (Lipinski definition) is 8. The van der Waals surface area contributed by atoms with Crippen LogP contribution in [0, 0.1) is 38.0 Å². The molecule has 1 saturated carbocycles. The lowest BCUT2D eigenvalue weighted by molar-refractivity contribution is -0.133. The van der Waals surface area contributed by atoms with Gasteiger partial charge in [0.2, 0.25) is 11.8 Å². The summed E-state index contributed by atoms with van der Waals surface area (Å²) in [7, 11) is 0. The quantitative estimate of drug-likeness (QED) is 0.174. The number of anilines is 3. The van der Waals surface area contributed by atoms with E-state index in [2.05, 4.69) is 93.2 Å². The van der Waals surface area contributed by atoms with Gasteiger partial charge < -0.3 is 14.7 Å². The first-order chi connectivity index (χ1) is 23.7. The molecule has 0 spiro atoms. The third kappa shape index (κ3) is 6.97. The third-order valence-electron chi connectivity index (χ3n) is 10.6. The summed E-state index contributed by atoms with van der Waals surface area (Å²) < 4.78 is 5.52. The van der Waals surface area contributed by atoms with Crippen LogP contribution >= 0.6 is 0 Å². The zero-order chi connectivity index (χ0) is 34.1. The standard InChI is InChI=1S/C40H44N6O3/c1-26-4-7-31(38-27(2)44-49-28(38)3)22-36(26)46(34-12-8-32(9-13-34)40(25-41)18-19-40)24-30-16-20-45(21-17-30)23-29-5-10-33(11-6-29)42-35-14-15-37(47)43-39(35)48/h4-13,22,30,35,42H,14-21,23-24H2,1-3H3,(H,43,47,48). The van der Waals surface area contributed by atoms with Gasteiger partial charge in [-0.25, -0.2) is 0 Å². The van der Waals surface area contributed by atoms with Gasteiger partial charge >= 0.3 is 0 Å². The van der Waals surface area contributed by atoms with Gasteiger partial charge in [0.05, 0.1) is 17.2 Å². The fraction of sp³-hybridized carbons (Fsp3) is 0.400. The van der Waals surface area contributed by atoms with Crippen molar-refractivity contribution in [2.45, 2.75) is 77.3 Å². The molecular formula is C40H44N6O3. The molecule has 3 aliphatic rings. The van der Waals surface area contributed by atoms with Crippen molar-refractivity contribution in [2.24, 2.45) is 5.92 Å². The highest BCUT2D eigenvalue weighted by atomic mass is 16.5. The summed E-state index contributed by atoms with van der Waals surface area (Å²) in [5.74, 6) is 0.881. The maximum Gasteiger partial charge on any atom is 0.249 e. The molecule has 3 fully saturated rings. The number of likely N-dealkylation sites (tertiary alicyclic amines) is 1. The van der Waals surface area contributed by atoms with Crippen LogP contribution in [0.4, 0.5) is 17.1 Å². The van der Waals surface area contributed by atoms with Gasteiger partial charge in [0, 0.05) is 42.1 Å². The zero-order valence-corrected chi connectivity index (χ0v) is 28.6. The first-order valence-electron chi connectivity index (χ1n) is 17.5. The Balaban J connectivity index is 1.04. The van der Waals surface area contributed by atoms with Gasteiger partial charge in [-0.3, -0.25) is 19.8 Å². The van der Waals surface area contributed by atoms with Crippen LogP contribution in [0.2, 0.25) is 0 Å². The van der Waals surface area contributed by atoms with E-state index in [1.165, 1.54) is 16.8 Å². The van der Waals surface area contributed by atoms with Crippen molar-refractivity contribution in [3.05, 3.63) is 94.9 Å². The minimum atomic E-state index is -0.380. The Morgan fingerprint density at radius 2 is 1.73 bits per heavy atom. The van der Waals surface area contributed by atoms with Gasteiger partial charge in [-0.1, -0.05) is 41.6 Å². The van der Waals surface area contributed by atoms with E-state index in [1.54, 1.807) is 0 Å². The summed E-state index contributed by atoms with van der Waals surface area (Å²) in [6.07, 6.45) is 4.95. The van der Waals surface area contributed by atoms with Crippen LogP contribution in [0.15, 0.2) is 71.3 Å². The number of nitriles is 1. The summed E-state index contributed by atoms with van der Waals surface area (Å²) in [6.45, 7) is 9.98. The van der Waals surface area contributed by atoms with Crippen molar-refractivity contribution in [2.75, 3.05) is 29.9 Å². The van der Waals surface area contributed by atoms with E-state index in [0.29, 0.717) is 18.8 Å². The molecule has 2 amide bonds. The van der Waals surface area contributed by atoms with E-state index >= 15 is 0 Å². The molecule has 0 radical (unpaired) electrons. The highest BCUT2D eigenvalue weighted by molar-refractivity contribution is 6.01. The maximum absolute atomic E-state index is 12.1. The van der Waals surface area contributed by atoms with Gasteiger partial charge in [-0.2, -0.15) is 5.26 Å². The minimum Gasteiger partial charge on any atom is -0.374 e.